The number of rotatable bonds is 10. The minimum Gasteiger partial charge on any atom is -0.356 e. The van der Waals surface area contributed by atoms with Gasteiger partial charge in [0.05, 0.1) is 11.9 Å². The molecular weight excluding hydrogens is 336 g/mol. The SMILES string of the molecule is CCCCNC(=O)CC(CC)CCc1cn(-c2cccnc2)nc1Cl. The Bertz CT molecular complexity index is 657. The lowest BCUT2D eigenvalue weighted by molar-refractivity contribution is -0.122. The minimum atomic E-state index is 0.150. The van der Waals surface area contributed by atoms with E-state index in [2.05, 4.69) is 29.2 Å². The Morgan fingerprint density at radius 2 is 2.24 bits per heavy atom. The van der Waals surface area contributed by atoms with Crippen molar-refractivity contribution in [2.45, 2.75) is 52.4 Å². The third kappa shape index (κ3) is 6.16. The van der Waals surface area contributed by atoms with Crippen LogP contribution in [0.1, 0.15) is 51.5 Å². The first-order valence-electron chi connectivity index (χ1n) is 9.05. The number of hydrogen-bond donors (Lipinski definition) is 1. The van der Waals surface area contributed by atoms with Crippen molar-refractivity contribution in [3.8, 4) is 5.69 Å². The molecule has 0 aliphatic rings. The number of nitrogens with zero attached hydrogens (tertiary/aromatic N) is 3. The number of hydrogen-bond acceptors (Lipinski definition) is 3. The first-order valence-corrected chi connectivity index (χ1v) is 9.43. The predicted molar refractivity (Wildman–Crippen MR) is 101 cm³/mol. The fourth-order valence-electron chi connectivity index (χ4n) is 2.73. The zero-order valence-corrected chi connectivity index (χ0v) is 15.8. The van der Waals surface area contributed by atoms with Crippen molar-refractivity contribution >= 4 is 17.5 Å². The standard InChI is InChI=1S/C19H27ClN4O/c1-3-5-11-22-18(25)12-15(4-2)8-9-16-14-24(23-19(16)20)17-7-6-10-21-13-17/h6-7,10,13-15H,3-5,8-9,11-12H2,1-2H3,(H,22,25). The molecule has 2 heterocycles. The summed E-state index contributed by atoms with van der Waals surface area (Å²) in [5.41, 5.74) is 1.90. The van der Waals surface area contributed by atoms with Gasteiger partial charge in [-0.05, 0) is 37.3 Å². The zero-order valence-electron chi connectivity index (χ0n) is 15.0. The second kappa shape index (κ2) is 10.2. The third-order valence-electron chi connectivity index (χ3n) is 4.37. The molecule has 0 saturated heterocycles. The van der Waals surface area contributed by atoms with Crippen LogP contribution in [0.15, 0.2) is 30.7 Å². The van der Waals surface area contributed by atoms with Crippen LogP contribution in [0.4, 0.5) is 0 Å². The lowest BCUT2D eigenvalue weighted by Gasteiger charge is -2.14. The topological polar surface area (TPSA) is 59.8 Å². The maximum atomic E-state index is 12.0. The predicted octanol–water partition coefficient (Wildman–Crippen LogP) is 4.19. The molecule has 1 amide bonds. The molecule has 25 heavy (non-hydrogen) atoms. The molecule has 1 unspecified atom stereocenters. The summed E-state index contributed by atoms with van der Waals surface area (Å²) in [7, 11) is 0. The smallest absolute Gasteiger partial charge is 0.220 e. The first-order chi connectivity index (χ1) is 12.1. The summed E-state index contributed by atoms with van der Waals surface area (Å²) < 4.78 is 1.75. The molecule has 0 spiro atoms. The van der Waals surface area contributed by atoms with E-state index in [0.29, 0.717) is 17.5 Å². The summed E-state index contributed by atoms with van der Waals surface area (Å²) in [6.45, 7) is 5.02. The normalized spacial score (nSPS) is 12.1. The second-order valence-electron chi connectivity index (χ2n) is 6.32. The van der Waals surface area contributed by atoms with E-state index < -0.39 is 0 Å². The van der Waals surface area contributed by atoms with E-state index in [1.807, 2.05) is 18.3 Å². The van der Waals surface area contributed by atoms with Gasteiger partial charge in [0, 0.05) is 30.9 Å². The van der Waals surface area contributed by atoms with Crippen LogP contribution >= 0.6 is 11.6 Å². The van der Waals surface area contributed by atoms with E-state index in [0.717, 1.165) is 49.9 Å². The van der Waals surface area contributed by atoms with Crippen LogP contribution in [-0.2, 0) is 11.2 Å². The van der Waals surface area contributed by atoms with Crippen LogP contribution in [0, 0.1) is 5.92 Å². The van der Waals surface area contributed by atoms with E-state index in [-0.39, 0.29) is 5.91 Å². The molecule has 1 atom stereocenters. The number of aromatic nitrogens is 3. The molecule has 2 aromatic rings. The number of amides is 1. The number of aryl methyl sites for hydroxylation is 1. The van der Waals surface area contributed by atoms with E-state index in [9.17, 15) is 4.79 Å². The van der Waals surface area contributed by atoms with Crippen LogP contribution in [0.2, 0.25) is 5.15 Å². The Labute approximate surface area is 154 Å². The molecule has 0 saturated carbocycles. The van der Waals surface area contributed by atoms with Gasteiger partial charge in [0.1, 0.15) is 0 Å². The van der Waals surface area contributed by atoms with E-state index >= 15 is 0 Å². The van der Waals surface area contributed by atoms with E-state index in [1.54, 1.807) is 17.1 Å². The Morgan fingerprint density at radius 3 is 2.92 bits per heavy atom. The van der Waals surface area contributed by atoms with Gasteiger partial charge in [-0.25, -0.2) is 4.68 Å². The molecule has 2 aromatic heterocycles. The van der Waals surface area contributed by atoms with E-state index in [4.69, 9.17) is 11.6 Å². The second-order valence-corrected chi connectivity index (χ2v) is 6.68. The number of carbonyl (C=O) groups is 1. The van der Waals surface area contributed by atoms with Gasteiger partial charge >= 0.3 is 0 Å². The molecular formula is C19H27ClN4O. The van der Waals surface area contributed by atoms with Crippen LogP contribution in [-0.4, -0.2) is 27.2 Å². The van der Waals surface area contributed by atoms with Gasteiger partial charge < -0.3 is 5.32 Å². The Balaban J connectivity index is 1.89. The van der Waals surface area contributed by atoms with E-state index in [1.165, 1.54) is 0 Å². The lowest BCUT2D eigenvalue weighted by atomic mass is 9.94. The van der Waals surface area contributed by atoms with Gasteiger partial charge in [-0.3, -0.25) is 9.78 Å². The molecule has 0 aliphatic carbocycles. The first kappa shape index (κ1) is 19.4. The number of halogens is 1. The molecule has 6 heteroatoms. The van der Waals surface area contributed by atoms with Crippen molar-refractivity contribution in [3.63, 3.8) is 0 Å². The summed E-state index contributed by atoms with van der Waals surface area (Å²) >= 11 is 6.28. The monoisotopic (exact) mass is 362 g/mol. The molecule has 0 fully saturated rings. The fraction of sp³-hybridized carbons (Fsp3) is 0.526. The maximum Gasteiger partial charge on any atom is 0.220 e. The quantitative estimate of drug-likeness (QED) is 0.645. The Morgan fingerprint density at radius 1 is 1.40 bits per heavy atom. The number of carbonyl (C=O) groups excluding carboxylic acids is 1. The van der Waals surface area contributed by atoms with Crippen LogP contribution < -0.4 is 5.32 Å². The largest absolute Gasteiger partial charge is 0.356 e. The zero-order chi connectivity index (χ0) is 18.1. The molecule has 2 rings (SSSR count). The maximum absolute atomic E-state index is 12.0. The molecule has 0 aliphatic heterocycles. The third-order valence-corrected chi connectivity index (χ3v) is 4.69. The highest BCUT2D eigenvalue weighted by molar-refractivity contribution is 6.30. The van der Waals surface area contributed by atoms with Crippen LogP contribution in [0.3, 0.4) is 0 Å². The van der Waals surface area contributed by atoms with Gasteiger partial charge in [-0.2, -0.15) is 5.10 Å². The lowest BCUT2D eigenvalue weighted by Crippen LogP contribution is -2.26. The number of nitrogens with one attached hydrogen (secondary N) is 1. The van der Waals surface area contributed by atoms with Gasteiger partial charge in [-0.1, -0.05) is 38.3 Å². The van der Waals surface area contributed by atoms with Crippen molar-refractivity contribution in [1.29, 1.82) is 0 Å². The Hall–Kier alpha value is -1.88. The van der Waals surface area contributed by atoms with Crippen molar-refractivity contribution in [1.82, 2.24) is 20.1 Å². The highest BCUT2D eigenvalue weighted by atomic mass is 35.5. The van der Waals surface area contributed by atoms with Crippen molar-refractivity contribution in [3.05, 3.63) is 41.4 Å². The molecule has 0 radical (unpaired) electrons. The van der Waals surface area contributed by atoms with Crippen molar-refractivity contribution < 1.29 is 4.79 Å². The molecule has 1 N–H and O–H groups in total. The molecule has 5 nitrogen and oxygen atoms in total. The molecule has 0 bridgehead atoms. The summed E-state index contributed by atoms with van der Waals surface area (Å²) in [5, 5.41) is 7.87. The summed E-state index contributed by atoms with van der Waals surface area (Å²) in [5.74, 6) is 0.511. The average molecular weight is 363 g/mol. The summed E-state index contributed by atoms with van der Waals surface area (Å²) in [6, 6.07) is 3.81. The number of unbranched alkanes of at least 4 members (excludes halogenated alkanes) is 1. The summed E-state index contributed by atoms with van der Waals surface area (Å²) in [6.07, 6.45) is 10.9. The van der Waals surface area contributed by atoms with Gasteiger partial charge in [0.25, 0.3) is 0 Å². The fourth-order valence-corrected chi connectivity index (χ4v) is 2.95. The molecule has 0 aromatic carbocycles. The highest BCUT2D eigenvalue weighted by Gasteiger charge is 2.15. The van der Waals surface area contributed by atoms with Crippen molar-refractivity contribution in [2.24, 2.45) is 5.92 Å². The minimum absolute atomic E-state index is 0.150. The van der Waals surface area contributed by atoms with Crippen LogP contribution in [0.25, 0.3) is 5.69 Å². The summed E-state index contributed by atoms with van der Waals surface area (Å²) in [4.78, 5) is 16.1. The number of pyridine rings is 1. The molecule has 136 valence electrons. The van der Waals surface area contributed by atoms with Crippen LogP contribution in [0.5, 0.6) is 0 Å². The highest BCUT2D eigenvalue weighted by Crippen LogP contribution is 2.22. The Kier molecular flexibility index (Phi) is 7.92. The average Bonchev–Trinajstić information content (AvgIpc) is 3.00. The van der Waals surface area contributed by atoms with Crippen molar-refractivity contribution in [2.75, 3.05) is 6.54 Å². The van der Waals surface area contributed by atoms with Gasteiger partial charge in [0.15, 0.2) is 5.15 Å². The van der Waals surface area contributed by atoms with Gasteiger partial charge in [-0.15, -0.1) is 0 Å². The van der Waals surface area contributed by atoms with Gasteiger partial charge in [0.2, 0.25) is 5.91 Å².